The Morgan fingerprint density at radius 1 is 1.50 bits per heavy atom. The fourth-order valence-corrected chi connectivity index (χ4v) is 1.18. The molecule has 1 aromatic rings. The third-order valence-corrected chi connectivity index (χ3v) is 1.89. The molecule has 0 N–H and O–H groups in total. The molecule has 1 aromatic carbocycles. The lowest BCUT2D eigenvalue weighted by atomic mass is 10.2. The highest BCUT2D eigenvalue weighted by Gasteiger charge is 2.18. The summed E-state index contributed by atoms with van der Waals surface area (Å²) in [6, 6.07) is 3.77. The SMILES string of the molecule is CCOC(=O)c1cc([N+](=O)[O-])ccc1OC. The van der Waals surface area contributed by atoms with Crippen molar-refractivity contribution >= 4 is 11.7 Å². The number of ether oxygens (including phenoxy) is 2. The molecule has 6 heteroatoms. The van der Waals surface area contributed by atoms with Crippen LogP contribution in [0, 0.1) is 10.1 Å². The third-order valence-electron chi connectivity index (χ3n) is 1.89. The quantitative estimate of drug-likeness (QED) is 0.443. The number of hydrogen-bond acceptors (Lipinski definition) is 5. The van der Waals surface area contributed by atoms with Crippen LogP contribution in [0.3, 0.4) is 0 Å². The van der Waals surface area contributed by atoms with Gasteiger partial charge in [0.2, 0.25) is 0 Å². The Kier molecular flexibility index (Phi) is 3.82. The van der Waals surface area contributed by atoms with Crippen LogP contribution >= 0.6 is 0 Å². The maximum atomic E-state index is 11.5. The van der Waals surface area contributed by atoms with E-state index < -0.39 is 10.9 Å². The van der Waals surface area contributed by atoms with Crippen molar-refractivity contribution in [2.75, 3.05) is 13.7 Å². The van der Waals surface area contributed by atoms with E-state index in [0.717, 1.165) is 6.07 Å². The molecule has 86 valence electrons. The van der Waals surface area contributed by atoms with E-state index in [1.54, 1.807) is 6.92 Å². The summed E-state index contributed by atoms with van der Waals surface area (Å²) >= 11 is 0. The molecule has 0 unspecified atom stereocenters. The Bertz CT molecular complexity index is 416. The van der Waals surface area contributed by atoms with Crippen molar-refractivity contribution in [3.8, 4) is 5.75 Å². The van der Waals surface area contributed by atoms with Crippen LogP contribution in [0.2, 0.25) is 0 Å². The predicted molar refractivity (Wildman–Crippen MR) is 55.6 cm³/mol. The number of hydrogen-bond donors (Lipinski definition) is 0. The second-order valence-electron chi connectivity index (χ2n) is 2.86. The second-order valence-corrected chi connectivity index (χ2v) is 2.86. The molecular weight excluding hydrogens is 214 g/mol. The minimum absolute atomic E-state index is 0.0542. The number of benzene rings is 1. The van der Waals surface area contributed by atoms with E-state index in [1.165, 1.54) is 19.2 Å². The molecule has 0 aromatic heterocycles. The van der Waals surface area contributed by atoms with Crippen molar-refractivity contribution in [3.63, 3.8) is 0 Å². The topological polar surface area (TPSA) is 78.7 Å². The molecule has 0 fully saturated rings. The number of methoxy groups -OCH3 is 1. The van der Waals surface area contributed by atoms with Crippen molar-refractivity contribution in [2.24, 2.45) is 0 Å². The van der Waals surface area contributed by atoms with Gasteiger partial charge in [0, 0.05) is 12.1 Å². The summed E-state index contributed by atoms with van der Waals surface area (Å²) in [5, 5.41) is 10.5. The average Bonchev–Trinajstić information content (AvgIpc) is 2.28. The Balaban J connectivity index is 3.16. The first-order chi connectivity index (χ1) is 7.60. The van der Waals surface area contributed by atoms with Gasteiger partial charge in [0.1, 0.15) is 11.3 Å². The van der Waals surface area contributed by atoms with Crippen LogP contribution in [0.25, 0.3) is 0 Å². The molecule has 0 atom stereocenters. The highest BCUT2D eigenvalue weighted by atomic mass is 16.6. The summed E-state index contributed by atoms with van der Waals surface area (Å²) in [5.41, 5.74) is -0.123. The van der Waals surface area contributed by atoms with E-state index in [2.05, 4.69) is 0 Å². The number of nitrogens with zero attached hydrogens (tertiary/aromatic N) is 1. The van der Waals surface area contributed by atoms with Crippen LogP contribution in [-0.4, -0.2) is 24.6 Å². The molecule has 0 saturated carbocycles. The van der Waals surface area contributed by atoms with E-state index in [0.29, 0.717) is 0 Å². The summed E-state index contributed by atoms with van der Waals surface area (Å²) in [7, 11) is 1.38. The van der Waals surface area contributed by atoms with Gasteiger partial charge in [-0.1, -0.05) is 0 Å². The molecule has 6 nitrogen and oxygen atoms in total. The fourth-order valence-electron chi connectivity index (χ4n) is 1.18. The number of nitro benzene ring substituents is 1. The zero-order chi connectivity index (χ0) is 12.1. The largest absolute Gasteiger partial charge is 0.496 e. The Morgan fingerprint density at radius 2 is 2.19 bits per heavy atom. The first-order valence-corrected chi connectivity index (χ1v) is 4.59. The van der Waals surface area contributed by atoms with Gasteiger partial charge in [-0.25, -0.2) is 4.79 Å². The van der Waals surface area contributed by atoms with Crippen molar-refractivity contribution in [1.82, 2.24) is 0 Å². The Morgan fingerprint density at radius 3 is 2.69 bits per heavy atom. The van der Waals surface area contributed by atoms with Crippen LogP contribution in [-0.2, 0) is 4.74 Å². The zero-order valence-electron chi connectivity index (χ0n) is 8.93. The van der Waals surface area contributed by atoms with Crippen LogP contribution in [0.15, 0.2) is 18.2 Å². The molecule has 0 amide bonds. The van der Waals surface area contributed by atoms with E-state index in [1.807, 2.05) is 0 Å². The van der Waals surface area contributed by atoms with Crippen molar-refractivity contribution in [3.05, 3.63) is 33.9 Å². The summed E-state index contributed by atoms with van der Waals surface area (Å²) in [6.07, 6.45) is 0. The molecule has 0 aliphatic heterocycles. The first kappa shape index (κ1) is 12.0. The zero-order valence-corrected chi connectivity index (χ0v) is 8.93. The molecule has 0 radical (unpaired) electrons. The van der Waals surface area contributed by atoms with Gasteiger partial charge < -0.3 is 9.47 Å². The third kappa shape index (κ3) is 2.47. The molecule has 16 heavy (non-hydrogen) atoms. The molecule has 0 bridgehead atoms. The number of esters is 1. The lowest BCUT2D eigenvalue weighted by Crippen LogP contribution is -2.07. The average molecular weight is 225 g/mol. The normalized spacial score (nSPS) is 9.62. The fraction of sp³-hybridized carbons (Fsp3) is 0.300. The second kappa shape index (κ2) is 5.11. The van der Waals surface area contributed by atoms with E-state index in [-0.39, 0.29) is 23.6 Å². The minimum Gasteiger partial charge on any atom is -0.496 e. The lowest BCUT2D eigenvalue weighted by Gasteiger charge is -2.06. The molecule has 0 aliphatic rings. The minimum atomic E-state index is -0.636. The Labute approximate surface area is 91.9 Å². The Hall–Kier alpha value is -2.11. The first-order valence-electron chi connectivity index (χ1n) is 4.59. The highest BCUT2D eigenvalue weighted by molar-refractivity contribution is 5.93. The van der Waals surface area contributed by atoms with Gasteiger partial charge in [-0.15, -0.1) is 0 Å². The standard InChI is InChI=1S/C10H11NO5/c1-3-16-10(12)8-6-7(11(13)14)4-5-9(8)15-2/h4-6H,3H2,1-2H3. The van der Waals surface area contributed by atoms with Crippen molar-refractivity contribution in [1.29, 1.82) is 0 Å². The van der Waals surface area contributed by atoms with Gasteiger partial charge in [-0.3, -0.25) is 10.1 Å². The summed E-state index contributed by atoms with van der Waals surface area (Å²) in [6.45, 7) is 1.85. The molecular formula is C10H11NO5. The van der Waals surface area contributed by atoms with Crippen LogP contribution in [0.1, 0.15) is 17.3 Å². The van der Waals surface area contributed by atoms with Crippen LogP contribution in [0.4, 0.5) is 5.69 Å². The van der Waals surface area contributed by atoms with Gasteiger partial charge in [0.15, 0.2) is 0 Å². The van der Waals surface area contributed by atoms with Gasteiger partial charge in [-0.2, -0.15) is 0 Å². The number of carbonyl (C=O) groups excluding carboxylic acids is 1. The molecule has 0 saturated heterocycles. The molecule has 0 heterocycles. The molecule has 0 aliphatic carbocycles. The monoisotopic (exact) mass is 225 g/mol. The van der Waals surface area contributed by atoms with Crippen LogP contribution < -0.4 is 4.74 Å². The molecule has 0 spiro atoms. The van der Waals surface area contributed by atoms with E-state index >= 15 is 0 Å². The van der Waals surface area contributed by atoms with Crippen molar-refractivity contribution < 1.29 is 19.2 Å². The van der Waals surface area contributed by atoms with Gasteiger partial charge in [-0.05, 0) is 13.0 Å². The summed E-state index contributed by atoms with van der Waals surface area (Å²) < 4.78 is 9.69. The van der Waals surface area contributed by atoms with Gasteiger partial charge >= 0.3 is 5.97 Å². The lowest BCUT2D eigenvalue weighted by molar-refractivity contribution is -0.384. The number of carbonyl (C=O) groups is 1. The highest BCUT2D eigenvalue weighted by Crippen LogP contribution is 2.24. The van der Waals surface area contributed by atoms with E-state index in [9.17, 15) is 14.9 Å². The van der Waals surface area contributed by atoms with Crippen molar-refractivity contribution in [2.45, 2.75) is 6.92 Å². The molecule has 1 rings (SSSR count). The number of non-ortho nitro benzene ring substituents is 1. The maximum Gasteiger partial charge on any atom is 0.342 e. The number of nitro groups is 1. The predicted octanol–water partition coefficient (Wildman–Crippen LogP) is 1.78. The van der Waals surface area contributed by atoms with E-state index in [4.69, 9.17) is 9.47 Å². The van der Waals surface area contributed by atoms with Crippen LogP contribution in [0.5, 0.6) is 5.75 Å². The van der Waals surface area contributed by atoms with Gasteiger partial charge in [0.25, 0.3) is 5.69 Å². The summed E-state index contributed by atoms with van der Waals surface area (Å²) in [5.74, 6) is -0.382. The summed E-state index contributed by atoms with van der Waals surface area (Å²) in [4.78, 5) is 21.4. The maximum absolute atomic E-state index is 11.5. The smallest absolute Gasteiger partial charge is 0.342 e. The number of rotatable bonds is 4. The van der Waals surface area contributed by atoms with Gasteiger partial charge in [0.05, 0.1) is 18.6 Å².